The van der Waals surface area contributed by atoms with E-state index in [1.807, 2.05) is 0 Å². The molecule has 1 aromatic rings. The molecule has 0 atom stereocenters. The highest BCUT2D eigenvalue weighted by molar-refractivity contribution is 5.81. The fourth-order valence-electron chi connectivity index (χ4n) is 2.90. The first kappa shape index (κ1) is 12.2. The topological polar surface area (TPSA) is 0 Å². The molecule has 0 radical (unpaired) electrons. The lowest BCUT2D eigenvalue weighted by Crippen LogP contribution is -1.98. The molecule has 90 valence electrons. The van der Waals surface area contributed by atoms with E-state index < -0.39 is 0 Å². The molecule has 1 aromatic carbocycles. The van der Waals surface area contributed by atoms with Crippen LogP contribution in [-0.4, -0.2) is 0 Å². The van der Waals surface area contributed by atoms with E-state index >= 15 is 0 Å². The molecule has 0 aromatic heterocycles. The van der Waals surface area contributed by atoms with E-state index in [0.29, 0.717) is 0 Å². The molecule has 0 nitrogen and oxygen atoms in total. The van der Waals surface area contributed by atoms with Crippen LogP contribution in [0, 0.1) is 13.8 Å². The molecule has 17 heavy (non-hydrogen) atoms. The molecule has 1 aliphatic carbocycles. The van der Waals surface area contributed by atoms with Gasteiger partial charge in [-0.2, -0.15) is 0 Å². The van der Waals surface area contributed by atoms with Gasteiger partial charge in [-0.1, -0.05) is 17.7 Å². The molecule has 0 unspecified atom stereocenters. The number of fused-ring (bicyclic) bond motifs is 1. The molecule has 0 aliphatic heterocycles. The van der Waals surface area contributed by atoms with Crippen LogP contribution in [0.25, 0.3) is 11.1 Å². The summed E-state index contributed by atoms with van der Waals surface area (Å²) in [5.41, 5.74) is 11.8. The van der Waals surface area contributed by atoms with Crippen molar-refractivity contribution < 1.29 is 0 Å². The van der Waals surface area contributed by atoms with Gasteiger partial charge in [0.05, 0.1) is 0 Å². The van der Waals surface area contributed by atoms with Crippen LogP contribution in [0.5, 0.6) is 0 Å². The van der Waals surface area contributed by atoms with Gasteiger partial charge in [-0.05, 0) is 86.9 Å². The summed E-state index contributed by atoms with van der Waals surface area (Å²) < 4.78 is 0. The molecule has 0 saturated carbocycles. The maximum absolute atomic E-state index is 2.35. The predicted octanol–water partition coefficient (Wildman–Crippen LogP) is 5.08. The summed E-state index contributed by atoms with van der Waals surface area (Å²) in [7, 11) is 0. The van der Waals surface area contributed by atoms with Crippen LogP contribution in [0.2, 0.25) is 0 Å². The normalized spacial score (nSPS) is 15.5. The van der Waals surface area contributed by atoms with Crippen molar-refractivity contribution in [2.45, 2.75) is 48.0 Å². The zero-order valence-corrected chi connectivity index (χ0v) is 11.9. The third kappa shape index (κ3) is 1.76. The van der Waals surface area contributed by atoms with Gasteiger partial charge in [0.15, 0.2) is 0 Å². The Labute approximate surface area is 105 Å². The largest absolute Gasteiger partial charge is 0.0841 e. The first-order valence-electron chi connectivity index (χ1n) is 6.40. The number of rotatable bonds is 1. The van der Waals surface area contributed by atoms with E-state index in [9.17, 15) is 0 Å². The molecular formula is C17H22. The highest BCUT2D eigenvalue weighted by Gasteiger charge is 2.21. The molecule has 0 amide bonds. The van der Waals surface area contributed by atoms with Crippen molar-refractivity contribution >= 4 is 11.1 Å². The Morgan fingerprint density at radius 1 is 1.18 bits per heavy atom. The summed E-state index contributed by atoms with van der Waals surface area (Å²) in [4.78, 5) is 0. The van der Waals surface area contributed by atoms with E-state index in [1.165, 1.54) is 39.0 Å². The molecule has 0 N–H and O–H groups in total. The molecule has 0 fully saturated rings. The van der Waals surface area contributed by atoms with Gasteiger partial charge in [-0.3, -0.25) is 0 Å². The summed E-state index contributed by atoms with van der Waals surface area (Å²) in [6.07, 6.45) is 3.34. The van der Waals surface area contributed by atoms with Gasteiger partial charge in [0.2, 0.25) is 0 Å². The average Bonchev–Trinajstić information content (AvgIpc) is 2.60. The van der Waals surface area contributed by atoms with Crippen LogP contribution < -0.4 is 0 Å². The van der Waals surface area contributed by atoms with Gasteiger partial charge in [-0.15, -0.1) is 0 Å². The monoisotopic (exact) mass is 226 g/mol. The highest BCUT2D eigenvalue weighted by Crippen LogP contribution is 2.39. The van der Waals surface area contributed by atoms with Crippen molar-refractivity contribution in [3.63, 3.8) is 0 Å². The van der Waals surface area contributed by atoms with E-state index in [1.54, 1.807) is 5.56 Å². The van der Waals surface area contributed by atoms with Gasteiger partial charge in [0.25, 0.3) is 0 Å². The molecule has 1 aliphatic rings. The minimum absolute atomic E-state index is 1.14. The molecule has 0 heteroatoms. The van der Waals surface area contributed by atoms with Crippen LogP contribution in [-0.2, 0) is 6.42 Å². The SMILES string of the molecule is CC=C(C)c1cc(C)c2c(c1C)CC(C)=C2C. The van der Waals surface area contributed by atoms with E-state index in [-0.39, 0.29) is 0 Å². The second kappa shape index (κ2) is 4.18. The summed E-state index contributed by atoms with van der Waals surface area (Å²) >= 11 is 0. The van der Waals surface area contributed by atoms with Crippen LogP contribution in [0.4, 0.5) is 0 Å². The van der Waals surface area contributed by atoms with Crippen molar-refractivity contribution in [1.82, 2.24) is 0 Å². The Bertz CT molecular complexity index is 540. The Kier molecular flexibility index (Phi) is 2.99. The molecule has 0 heterocycles. The quantitative estimate of drug-likeness (QED) is 0.626. The predicted molar refractivity (Wildman–Crippen MR) is 77.2 cm³/mol. The minimum atomic E-state index is 1.14. The Morgan fingerprint density at radius 2 is 1.82 bits per heavy atom. The first-order valence-corrected chi connectivity index (χ1v) is 6.40. The van der Waals surface area contributed by atoms with E-state index in [2.05, 4.69) is 53.7 Å². The van der Waals surface area contributed by atoms with Crippen LogP contribution in [0.3, 0.4) is 0 Å². The lowest BCUT2D eigenvalue weighted by Gasteiger charge is -2.15. The molecular weight excluding hydrogens is 204 g/mol. The summed E-state index contributed by atoms with van der Waals surface area (Å²) in [6.45, 7) is 13.4. The minimum Gasteiger partial charge on any atom is -0.0841 e. The maximum Gasteiger partial charge on any atom is -0.00549 e. The Balaban J connectivity index is 2.71. The van der Waals surface area contributed by atoms with Crippen molar-refractivity contribution in [3.8, 4) is 0 Å². The Hall–Kier alpha value is -1.30. The molecule has 2 rings (SSSR count). The van der Waals surface area contributed by atoms with Gasteiger partial charge in [0, 0.05) is 0 Å². The van der Waals surface area contributed by atoms with E-state index in [0.717, 1.165) is 6.42 Å². The second-order valence-corrected chi connectivity index (χ2v) is 5.27. The molecule has 0 bridgehead atoms. The summed E-state index contributed by atoms with van der Waals surface area (Å²) in [5.74, 6) is 0. The Morgan fingerprint density at radius 3 is 2.41 bits per heavy atom. The molecule has 0 spiro atoms. The first-order chi connectivity index (χ1) is 7.97. The number of aryl methyl sites for hydroxylation is 1. The highest BCUT2D eigenvalue weighted by atomic mass is 14.3. The zero-order chi connectivity index (χ0) is 12.7. The third-order valence-electron chi connectivity index (χ3n) is 4.23. The van der Waals surface area contributed by atoms with Crippen LogP contribution in [0.15, 0.2) is 17.7 Å². The van der Waals surface area contributed by atoms with Gasteiger partial charge in [-0.25, -0.2) is 0 Å². The zero-order valence-electron chi connectivity index (χ0n) is 11.9. The lowest BCUT2D eigenvalue weighted by molar-refractivity contribution is 1.14. The van der Waals surface area contributed by atoms with Gasteiger partial charge in [0.1, 0.15) is 0 Å². The van der Waals surface area contributed by atoms with Crippen molar-refractivity contribution in [3.05, 3.63) is 45.5 Å². The third-order valence-corrected chi connectivity index (χ3v) is 4.23. The van der Waals surface area contributed by atoms with Crippen LogP contribution >= 0.6 is 0 Å². The number of hydrogen-bond donors (Lipinski definition) is 0. The second-order valence-electron chi connectivity index (χ2n) is 5.27. The number of allylic oxidation sites excluding steroid dienone is 4. The number of benzene rings is 1. The number of hydrogen-bond acceptors (Lipinski definition) is 0. The van der Waals surface area contributed by atoms with E-state index in [4.69, 9.17) is 0 Å². The fourth-order valence-corrected chi connectivity index (χ4v) is 2.90. The van der Waals surface area contributed by atoms with Crippen molar-refractivity contribution in [1.29, 1.82) is 0 Å². The average molecular weight is 226 g/mol. The summed E-state index contributed by atoms with van der Waals surface area (Å²) in [5, 5.41) is 0. The van der Waals surface area contributed by atoms with Crippen LogP contribution in [0.1, 0.15) is 55.5 Å². The maximum atomic E-state index is 2.35. The standard InChI is InChI=1S/C17H22/c1-7-10(2)15-9-12(4)17-13(5)11(3)8-16(17)14(15)6/h7,9H,8H2,1-6H3. The van der Waals surface area contributed by atoms with Gasteiger partial charge >= 0.3 is 0 Å². The van der Waals surface area contributed by atoms with Crippen molar-refractivity contribution in [2.75, 3.05) is 0 Å². The smallest absolute Gasteiger partial charge is 0.00549 e. The van der Waals surface area contributed by atoms with Gasteiger partial charge < -0.3 is 0 Å². The van der Waals surface area contributed by atoms with Crippen molar-refractivity contribution in [2.24, 2.45) is 0 Å². The summed E-state index contributed by atoms with van der Waals surface area (Å²) in [6, 6.07) is 2.35. The molecule has 0 saturated heterocycles. The fraction of sp³-hybridized carbons (Fsp3) is 0.412. The lowest BCUT2D eigenvalue weighted by atomic mass is 9.89.